The van der Waals surface area contributed by atoms with E-state index < -0.39 is 0 Å². The molecule has 0 amide bonds. The molecule has 0 atom stereocenters. The highest BCUT2D eigenvalue weighted by molar-refractivity contribution is 5.73. The van der Waals surface area contributed by atoms with Crippen LogP contribution in [0, 0.1) is 0 Å². The lowest BCUT2D eigenvalue weighted by molar-refractivity contribution is 0.543. The van der Waals surface area contributed by atoms with Crippen LogP contribution in [0.15, 0.2) is 11.2 Å². The number of hydrogen-bond acceptors (Lipinski definition) is 3. The van der Waals surface area contributed by atoms with Crippen molar-refractivity contribution in [3.05, 3.63) is 17.7 Å². The maximum absolute atomic E-state index is 4.49. The molecule has 1 aliphatic heterocycles. The molecule has 1 aromatic heterocycles. The van der Waals surface area contributed by atoms with Crippen molar-refractivity contribution in [1.82, 2.24) is 9.97 Å². The summed E-state index contributed by atoms with van der Waals surface area (Å²) in [5.41, 5.74) is 2.00. The first-order chi connectivity index (χ1) is 6.07. The zero-order valence-corrected chi connectivity index (χ0v) is 8.20. The number of hydrogen-bond donors (Lipinski definition) is 0. The third-order valence-corrected chi connectivity index (χ3v) is 2.03. The lowest BCUT2D eigenvalue weighted by Gasteiger charge is -2.16. The standard InChI is InChI=1S/C10H13N3/c1-10(2,3)9-12-6-8-7(13-9)4-5-11-8/h5-6H,4H2,1-3H3. The monoisotopic (exact) mass is 175 g/mol. The molecule has 1 aromatic rings. The SMILES string of the molecule is CC(C)(C)c1ncc2c(n1)CC=N2. The summed E-state index contributed by atoms with van der Waals surface area (Å²) in [6.07, 6.45) is 4.54. The fourth-order valence-corrected chi connectivity index (χ4v) is 1.26. The van der Waals surface area contributed by atoms with Crippen molar-refractivity contribution >= 4 is 11.9 Å². The van der Waals surface area contributed by atoms with Crippen LogP contribution < -0.4 is 0 Å². The molecule has 3 nitrogen and oxygen atoms in total. The van der Waals surface area contributed by atoms with Crippen LogP contribution in [0.2, 0.25) is 0 Å². The van der Waals surface area contributed by atoms with Crippen molar-refractivity contribution < 1.29 is 0 Å². The molecule has 0 saturated carbocycles. The maximum atomic E-state index is 4.49. The maximum Gasteiger partial charge on any atom is 0.134 e. The zero-order valence-electron chi connectivity index (χ0n) is 8.20. The summed E-state index contributed by atoms with van der Waals surface area (Å²) >= 11 is 0. The summed E-state index contributed by atoms with van der Waals surface area (Å²) in [5.74, 6) is 0.900. The molecule has 0 bridgehead atoms. The molecule has 0 aliphatic carbocycles. The third-order valence-electron chi connectivity index (χ3n) is 2.03. The van der Waals surface area contributed by atoms with E-state index >= 15 is 0 Å². The minimum Gasteiger partial charge on any atom is -0.257 e. The molecule has 0 fully saturated rings. The fourth-order valence-electron chi connectivity index (χ4n) is 1.26. The smallest absolute Gasteiger partial charge is 0.134 e. The van der Waals surface area contributed by atoms with E-state index in [4.69, 9.17) is 0 Å². The van der Waals surface area contributed by atoms with Gasteiger partial charge in [-0.05, 0) is 0 Å². The lowest BCUT2D eigenvalue weighted by Crippen LogP contribution is -2.16. The van der Waals surface area contributed by atoms with Crippen LogP contribution in [-0.2, 0) is 11.8 Å². The van der Waals surface area contributed by atoms with Gasteiger partial charge in [-0.2, -0.15) is 0 Å². The number of rotatable bonds is 0. The molecule has 0 spiro atoms. The van der Waals surface area contributed by atoms with Gasteiger partial charge in [0.1, 0.15) is 11.5 Å². The van der Waals surface area contributed by atoms with Gasteiger partial charge in [-0.15, -0.1) is 0 Å². The van der Waals surface area contributed by atoms with E-state index in [0.29, 0.717) is 0 Å². The molecular weight excluding hydrogens is 162 g/mol. The van der Waals surface area contributed by atoms with Gasteiger partial charge in [-0.1, -0.05) is 20.8 Å². The summed E-state index contributed by atoms with van der Waals surface area (Å²) in [6, 6.07) is 0. The van der Waals surface area contributed by atoms with E-state index in [2.05, 4.69) is 35.7 Å². The molecular formula is C10H13N3. The summed E-state index contributed by atoms with van der Waals surface area (Å²) in [7, 11) is 0. The Morgan fingerprint density at radius 2 is 2.08 bits per heavy atom. The Kier molecular flexibility index (Phi) is 1.68. The van der Waals surface area contributed by atoms with Crippen LogP contribution >= 0.6 is 0 Å². The molecule has 0 saturated heterocycles. The van der Waals surface area contributed by atoms with E-state index in [1.807, 2.05) is 12.4 Å². The van der Waals surface area contributed by atoms with Crippen molar-refractivity contribution in [3.8, 4) is 0 Å². The van der Waals surface area contributed by atoms with Gasteiger partial charge in [-0.3, -0.25) is 4.99 Å². The molecule has 1 aliphatic rings. The van der Waals surface area contributed by atoms with E-state index in [0.717, 1.165) is 23.6 Å². The van der Waals surface area contributed by atoms with Crippen LogP contribution in [0.4, 0.5) is 5.69 Å². The highest BCUT2D eigenvalue weighted by atomic mass is 15.0. The summed E-state index contributed by atoms with van der Waals surface area (Å²) in [4.78, 5) is 13.0. The Morgan fingerprint density at radius 3 is 2.77 bits per heavy atom. The largest absolute Gasteiger partial charge is 0.257 e. The molecule has 0 unspecified atom stereocenters. The molecule has 2 rings (SSSR count). The highest BCUT2D eigenvalue weighted by Crippen LogP contribution is 2.24. The van der Waals surface area contributed by atoms with Gasteiger partial charge in [0, 0.05) is 18.1 Å². The number of aliphatic imine (C=N–C) groups is 1. The second kappa shape index (κ2) is 2.62. The Balaban J connectivity index is 2.45. The van der Waals surface area contributed by atoms with Crippen molar-refractivity contribution in [3.63, 3.8) is 0 Å². The fraction of sp³-hybridized carbons (Fsp3) is 0.500. The van der Waals surface area contributed by atoms with Crippen molar-refractivity contribution in [2.45, 2.75) is 32.6 Å². The molecule has 0 aromatic carbocycles. The predicted molar refractivity (Wildman–Crippen MR) is 52.6 cm³/mol. The summed E-state index contributed by atoms with van der Waals surface area (Å²) in [5, 5.41) is 0. The van der Waals surface area contributed by atoms with Crippen molar-refractivity contribution in [1.29, 1.82) is 0 Å². The molecule has 13 heavy (non-hydrogen) atoms. The van der Waals surface area contributed by atoms with Crippen molar-refractivity contribution in [2.24, 2.45) is 4.99 Å². The average Bonchev–Trinajstić information content (AvgIpc) is 2.47. The molecule has 0 N–H and O–H groups in total. The molecule has 68 valence electrons. The van der Waals surface area contributed by atoms with Crippen LogP contribution in [-0.4, -0.2) is 16.2 Å². The number of fused-ring (bicyclic) bond motifs is 1. The van der Waals surface area contributed by atoms with E-state index in [1.54, 1.807) is 0 Å². The molecule has 3 heteroatoms. The normalized spacial score (nSPS) is 14.7. The summed E-state index contributed by atoms with van der Waals surface area (Å²) < 4.78 is 0. The van der Waals surface area contributed by atoms with Gasteiger partial charge < -0.3 is 0 Å². The minimum absolute atomic E-state index is 0.0254. The zero-order chi connectivity index (χ0) is 9.47. The molecule has 0 radical (unpaired) electrons. The van der Waals surface area contributed by atoms with Crippen LogP contribution in [0.5, 0.6) is 0 Å². The van der Waals surface area contributed by atoms with Gasteiger partial charge in [0.15, 0.2) is 0 Å². The van der Waals surface area contributed by atoms with E-state index in [1.165, 1.54) is 0 Å². The van der Waals surface area contributed by atoms with E-state index in [-0.39, 0.29) is 5.41 Å². The Labute approximate surface area is 77.9 Å². The van der Waals surface area contributed by atoms with E-state index in [9.17, 15) is 0 Å². The van der Waals surface area contributed by atoms with Crippen LogP contribution in [0.3, 0.4) is 0 Å². The van der Waals surface area contributed by atoms with Gasteiger partial charge >= 0.3 is 0 Å². The second-order valence-electron chi connectivity index (χ2n) is 4.29. The van der Waals surface area contributed by atoms with Crippen LogP contribution in [0.25, 0.3) is 0 Å². The number of nitrogens with zero attached hydrogens (tertiary/aromatic N) is 3. The quantitative estimate of drug-likeness (QED) is 0.605. The summed E-state index contributed by atoms with van der Waals surface area (Å²) in [6.45, 7) is 6.35. The predicted octanol–water partition coefficient (Wildman–Crippen LogP) is 2.03. The highest BCUT2D eigenvalue weighted by Gasteiger charge is 2.19. The van der Waals surface area contributed by atoms with Gasteiger partial charge in [-0.25, -0.2) is 9.97 Å². The minimum atomic E-state index is 0.0254. The van der Waals surface area contributed by atoms with Gasteiger partial charge in [0.05, 0.1) is 11.9 Å². The van der Waals surface area contributed by atoms with Gasteiger partial charge in [0.25, 0.3) is 0 Å². The Hall–Kier alpha value is -1.25. The molecule has 2 heterocycles. The van der Waals surface area contributed by atoms with Crippen molar-refractivity contribution in [2.75, 3.05) is 0 Å². The first-order valence-corrected chi connectivity index (χ1v) is 4.46. The second-order valence-corrected chi connectivity index (χ2v) is 4.29. The van der Waals surface area contributed by atoms with Gasteiger partial charge in [0.2, 0.25) is 0 Å². The Bertz CT molecular complexity index is 361. The Morgan fingerprint density at radius 1 is 1.31 bits per heavy atom. The third kappa shape index (κ3) is 1.46. The van der Waals surface area contributed by atoms with Crippen LogP contribution in [0.1, 0.15) is 32.3 Å². The topological polar surface area (TPSA) is 38.1 Å². The first kappa shape index (κ1) is 8.35. The lowest BCUT2D eigenvalue weighted by atomic mass is 9.95. The average molecular weight is 175 g/mol. The first-order valence-electron chi connectivity index (χ1n) is 4.46. The number of aromatic nitrogens is 2.